The van der Waals surface area contributed by atoms with Gasteiger partial charge in [0.1, 0.15) is 5.82 Å². The Balaban J connectivity index is 1.42. The number of anilines is 1. The molecule has 130 valence electrons. The summed E-state index contributed by atoms with van der Waals surface area (Å²) in [7, 11) is 0. The van der Waals surface area contributed by atoms with Crippen molar-refractivity contribution in [2.24, 2.45) is 0 Å². The Morgan fingerprint density at radius 2 is 1.69 bits per heavy atom. The number of fused-ring (bicyclic) bond motifs is 1. The predicted molar refractivity (Wildman–Crippen MR) is 104 cm³/mol. The van der Waals surface area contributed by atoms with Crippen molar-refractivity contribution < 1.29 is 4.79 Å². The van der Waals surface area contributed by atoms with Crippen LogP contribution in [-0.4, -0.2) is 47.0 Å². The van der Waals surface area contributed by atoms with Crippen molar-refractivity contribution >= 4 is 28.7 Å². The number of piperazine rings is 1. The van der Waals surface area contributed by atoms with Crippen LogP contribution in [0, 0.1) is 0 Å². The molecule has 0 radical (unpaired) electrons. The van der Waals surface area contributed by atoms with Gasteiger partial charge in [0.15, 0.2) is 0 Å². The van der Waals surface area contributed by atoms with E-state index >= 15 is 0 Å². The monoisotopic (exact) mass is 344 g/mol. The molecule has 3 aromatic rings. The number of carbonyl (C=O) groups excluding carboxylic acids is 1. The molecule has 5 nitrogen and oxygen atoms in total. The molecule has 26 heavy (non-hydrogen) atoms. The summed E-state index contributed by atoms with van der Waals surface area (Å²) in [6.45, 7) is 3.00. The number of carbonyl (C=O) groups is 1. The number of pyridine rings is 2. The molecule has 0 unspecified atom stereocenters. The van der Waals surface area contributed by atoms with E-state index in [4.69, 9.17) is 0 Å². The molecule has 0 spiro atoms. The summed E-state index contributed by atoms with van der Waals surface area (Å²) in [5.74, 6) is 1.01. The zero-order chi connectivity index (χ0) is 17.8. The highest BCUT2D eigenvalue weighted by Crippen LogP contribution is 2.18. The van der Waals surface area contributed by atoms with Crippen LogP contribution in [0.4, 0.5) is 5.82 Å². The van der Waals surface area contributed by atoms with Gasteiger partial charge in [-0.3, -0.25) is 9.78 Å². The Bertz CT molecular complexity index is 926. The van der Waals surface area contributed by atoms with Crippen LogP contribution in [0.1, 0.15) is 5.56 Å². The number of amides is 1. The maximum atomic E-state index is 12.5. The molecule has 1 aliphatic rings. The molecule has 0 bridgehead atoms. The minimum absolute atomic E-state index is 0.0404. The topological polar surface area (TPSA) is 49.3 Å². The molecular weight excluding hydrogens is 324 g/mol. The molecule has 1 aromatic carbocycles. The van der Waals surface area contributed by atoms with Crippen LogP contribution in [0.2, 0.25) is 0 Å². The van der Waals surface area contributed by atoms with Crippen LogP contribution < -0.4 is 4.90 Å². The third-order valence-corrected chi connectivity index (χ3v) is 4.63. The fourth-order valence-electron chi connectivity index (χ4n) is 3.23. The lowest BCUT2D eigenvalue weighted by Crippen LogP contribution is -2.48. The van der Waals surface area contributed by atoms with Gasteiger partial charge in [0, 0.05) is 55.6 Å². The van der Waals surface area contributed by atoms with Crippen LogP contribution in [-0.2, 0) is 4.79 Å². The van der Waals surface area contributed by atoms with E-state index in [9.17, 15) is 4.79 Å². The first-order valence-corrected chi connectivity index (χ1v) is 8.78. The molecule has 4 rings (SSSR count). The molecule has 1 saturated heterocycles. The zero-order valence-corrected chi connectivity index (χ0v) is 14.5. The predicted octanol–water partition coefficient (Wildman–Crippen LogP) is 2.99. The number of para-hydroxylation sites is 1. The van der Waals surface area contributed by atoms with Crippen LogP contribution in [0.3, 0.4) is 0 Å². The van der Waals surface area contributed by atoms with E-state index in [1.165, 1.54) is 0 Å². The van der Waals surface area contributed by atoms with Crippen molar-refractivity contribution in [3.05, 3.63) is 72.6 Å². The van der Waals surface area contributed by atoms with Gasteiger partial charge in [0.2, 0.25) is 5.91 Å². The fourth-order valence-corrected chi connectivity index (χ4v) is 3.23. The summed E-state index contributed by atoms with van der Waals surface area (Å²) in [4.78, 5) is 25.4. The molecule has 2 aromatic heterocycles. The van der Waals surface area contributed by atoms with Gasteiger partial charge in [-0.25, -0.2) is 4.98 Å². The summed E-state index contributed by atoms with van der Waals surface area (Å²) in [5.41, 5.74) is 1.88. The first-order chi connectivity index (χ1) is 12.8. The first kappa shape index (κ1) is 16.3. The molecule has 1 fully saturated rings. The van der Waals surface area contributed by atoms with Crippen molar-refractivity contribution in [3.8, 4) is 0 Å². The normalized spacial score (nSPS) is 14.9. The number of rotatable bonds is 3. The summed E-state index contributed by atoms with van der Waals surface area (Å²) < 4.78 is 0. The van der Waals surface area contributed by atoms with Crippen LogP contribution in [0.15, 0.2) is 67.0 Å². The van der Waals surface area contributed by atoms with E-state index in [1.807, 2.05) is 59.5 Å². The van der Waals surface area contributed by atoms with E-state index in [2.05, 4.69) is 14.9 Å². The Morgan fingerprint density at radius 1 is 0.885 bits per heavy atom. The van der Waals surface area contributed by atoms with Gasteiger partial charge < -0.3 is 9.80 Å². The number of nitrogens with zero attached hydrogens (tertiary/aromatic N) is 4. The van der Waals surface area contributed by atoms with Crippen molar-refractivity contribution in [1.29, 1.82) is 0 Å². The lowest BCUT2D eigenvalue weighted by Gasteiger charge is -2.34. The lowest BCUT2D eigenvalue weighted by atomic mass is 10.1. The maximum Gasteiger partial charge on any atom is 0.246 e. The second kappa shape index (κ2) is 7.35. The summed E-state index contributed by atoms with van der Waals surface area (Å²) in [6, 6.07) is 15.8. The smallest absolute Gasteiger partial charge is 0.246 e. The van der Waals surface area contributed by atoms with Crippen molar-refractivity contribution in [1.82, 2.24) is 14.9 Å². The standard InChI is InChI=1S/C21H20N4O/c26-20(10-9-18-6-3-5-17-7-4-12-23-21(17)18)25-15-13-24(14-16-25)19-8-1-2-11-22-19/h1-12H,13-16H2/b10-9-. The molecular formula is C21H20N4O. The van der Waals surface area contributed by atoms with Crippen LogP contribution in [0.25, 0.3) is 17.0 Å². The first-order valence-electron chi connectivity index (χ1n) is 8.78. The second-order valence-electron chi connectivity index (χ2n) is 6.26. The third-order valence-electron chi connectivity index (χ3n) is 4.63. The van der Waals surface area contributed by atoms with Crippen LogP contribution in [0.5, 0.6) is 0 Å². The van der Waals surface area contributed by atoms with E-state index in [-0.39, 0.29) is 5.91 Å². The Labute approximate surface area is 152 Å². The largest absolute Gasteiger partial charge is 0.353 e. The van der Waals surface area contributed by atoms with Gasteiger partial charge in [0.25, 0.3) is 0 Å². The average Bonchev–Trinajstić information content (AvgIpc) is 2.73. The Morgan fingerprint density at radius 3 is 2.50 bits per heavy atom. The highest BCUT2D eigenvalue weighted by molar-refractivity contribution is 5.95. The van der Waals surface area contributed by atoms with E-state index in [0.29, 0.717) is 13.1 Å². The van der Waals surface area contributed by atoms with E-state index in [0.717, 1.165) is 35.4 Å². The molecule has 0 aliphatic carbocycles. The molecule has 5 heteroatoms. The lowest BCUT2D eigenvalue weighted by molar-refractivity contribution is -0.126. The molecule has 1 amide bonds. The average molecular weight is 344 g/mol. The number of aromatic nitrogens is 2. The van der Waals surface area contributed by atoms with Gasteiger partial charge in [-0.1, -0.05) is 30.3 Å². The van der Waals surface area contributed by atoms with Crippen molar-refractivity contribution in [2.45, 2.75) is 0 Å². The number of benzene rings is 1. The molecule has 0 saturated carbocycles. The summed E-state index contributed by atoms with van der Waals surface area (Å²) >= 11 is 0. The minimum atomic E-state index is 0.0404. The van der Waals surface area contributed by atoms with Gasteiger partial charge in [-0.05, 0) is 24.3 Å². The number of hydrogen-bond acceptors (Lipinski definition) is 4. The minimum Gasteiger partial charge on any atom is -0.353 e. The molecule has 0 N–H and O–H groups in total. The SMILES string of the molecule is O=C(/C=C\c1cccc2cccnc12)N1CCN(c2ccccn2)CC1. The van der Waals surface area contributed by atoms with Crippen molar-refractivity contribution in [3.63, 3.8) is 0 Å². The third kappa shape index (κ3) is 3.42. The highest BCUT2D eigenvalue weighted by Gasteiger charge is 2.20. The maximum absolute atomic E-state index is 12.5. The van der Waals surface area contributed by atoms with Gasteiger partial charge in [-0.15, -0.1) is 0 Å². The van der Waals surface area contributed by atoms with E-state index in [1.54, 1.807) is 18.5 Å². The molecule has 3 heterocycles. The summed E-state index contributed by atoms with van der Waals surface area (Å²) in [6.07, 6.45) is 7.09. The zero-order valence-electron chi connectivity index (χ0n) is 14.5. The van der Waals surface area contributed by atoms with Gasteiger partial charge in [0.05, 0.1) is 5.52 Å². The highest BCUT2D eigenvalue weighted by atomic mass is 16.2. The van der Waals surface area contributed by atoms with Gasteiger partial charge >= 0.3 is 0 Å². The quantitative estimate of drug-likeness (QED) is 0.686. The molecule has 0 atom stereocenters. The summed E-state index contributed by atoms with van der Waals surface area (Å²) in [5, 5.41) is 1.08. The Hall–Kier alpha value is -3.21. The molecule has 1 aliphatic heterocycles. The second-order valence-corrected chi connectivity index (χ2v) is 6.26. The fraction of sp³-hybridized carbons (Fsp3) is 0.190. The Kier molecular flexibility index (Phi) is 4.60. The number of hydrogen-bond donors (Lipinski definition) is 0. The van der Waals surface area contributed by atoms with Crippen LogP contribution >= 0.6 is 0 Å². The van der Waals surface area contributed by atoms with Crippen molar-refractivity contribution in [2.75, 3.05) is 31.1 Å². The van der Waals surface area contributed by atoms with E-state index < -0.39 is 0 Å². The van der Waals surface area contributed by atoms with Gasteiger partial charge in [-0.2, -0.15) is 0 Å².